The number of phenolic OH excluding ortho intramolecular Hbond substituents is 1. The second-order valence-electron chi connectivity index (χ2n) is 10.1. The molecule has 0 aliphatic heterocycles. The third-order valence-electron chi connectivity index (χ3n) is 7.78. The summed E-state index contributed by atoms with van der Waals surface area (Å²) in [7, 11) is 2.80. The second-order valence-corrected chi connectivity index (χ2v) is 10.1. The average Bonchev–Trinajstić information content (AvgIpc) is 2.84. The fraction of sp³-hybridized carbons (Fsp3) is 0.444. The van der Waals surface area contributed by atoms with Crippen LogP contribution in [0.4, 0.5) is 0 Å². The number of ether oxygens (including phenoxy) is 1. The summed E-state index contributed by atoms with van der Waals surface area (Å²) in [5, 5.41) is 53.7. The Balaban J connectivity index is 0.00000441. The van der Waals surface area contributed by atoms with Crippen LogP contribution in [0.15, 0.2) is 35.1 Å². The Bertz CT molecular complexity index is 1380. The zero-order valence-electron chi connectivity index (χ0n) is 21.2. The number of esters is 1. The lowest BCUT2D eigenvalue weighted by molar-refractivity contribution is -0.185. The predicted molar refractivity (Wildman–Crippen MR) is 138 cm³/mol. The Morgan fingerprint density at radius 1 is 1.10 bits per heavy atom. The fourth-order valence-electron chi connectivity index (χ4n) is 6.11. The van der Waals surface area contributed by atoms with E-state index in [1.807, 2.05) is 0 Å². The number of carbonyl (C=O) groups excluding carboxylic acids is 4. The summed E-state index contributed by atoms with van der Waals surface area (Å²) < 4.78 is 5.68. The van der Waals surface area contributed by atoms with Gasteiger partial charge in [0, 0.05) is 11.5 Å². The molecule has 216 valence electrons. The van der Waals surface area contributed by atoms with Crippen LogP contribution in [0.2, 0.25) is 0 Å². The number of ketones is 2. The molecule has 1 aromatic rings. The highest BCUT2D eigenvalue weighted by Crippen LogP contribution is 2.56. The lowest BCUT2D eigenvalue weighted by Gasteiger charge is -2.54. The summed E-state index contributed by atoms with van der Waals surface area (Å²) in [5.41, 5.74) is 0.990. The van der Waals surface area contributed by atoms with Gasteiger partial charge in [-0.2, -0.15) is 0 Å². The summed E-state index contributed by atoms with van der Waals surface area (Å²) >= 11 is 0. The first kappa shape index (κ1) is 30.3. The molecule has 40 heavy (non-hydrogen) atoms. The number of carbonyl (C=O) groups is 5. The Morgan fingerprint density at radius 2 is 1.73 bits per heavy atom. The van der Waals surface area contributed by atoms with Crippen LogP contribution in [0.25, 0.3) is 5.76 Å². The maximum atomic E-state index is 14.0. The Morgan fingerprint density at radius 3 is 2.27 bits per heavy atom. The molecular formula is C27H32N2O11. The van der Waals surface area contributed by atoms with Crippen LogP contribution in [0.1, 0.15) is 44.2 Å². The van der Waals surface area contributed by atoms with Gasteiger partial charge in [0.25, 0.3) is 5.91 Å². The van der Waals surface area contributed by atoms with E-state index in [2.05, 4.69) is 0 Å². The van der Waals surface area contributed by atoms with E-state index in [0.29, 0.717) is 5.56 Å². The van der Waals surface area contributed by atoms with Gasteiger partial charge >= 0.3 is 11.9 Å². The molecule has 1 aromatic carbocycles. The SMILES string of the molecule is C.C[C@H]1c2cccc(O)c2C(O)=C2C(=O)[C@]3(O)C(O)=C(C(N)=O)C(=O)[C@@H](N(C)C)[C@@H]3[C@@H](OC(=O)CCC(=O)O)[C@@H]21. The highest BCUT2D eigenvalue weighted by Gasteiger charge is 2.69. The first-order chi connectivity index (χ1) is 18.2. The quantitative estimate of drug-likeness (QED) is 0.207. The Kier molecular flexibility index (Phi) is 7.88. The topological polar surface area (TPSA) is 225 Å². The van der Waals surface area contributed by atoms with Gasteiger partial charge in [0.15, 0.2) is 11.4 Å². The van der Waals surface area contributed by atoms with Crippen molar-refractivity contribution in [1.82, 2.24) is 4.90 Å². The van der Waals surface area contributed by atoms with Gasteiger partial charge in [-0.15, -0.1) is 0 Å². The van der Waals surface area contributed by atoms with Crippen LogP contribution < -0.4 is 5.73 Å². The number of nitrogens with two attached hydrogens (primary N) is 1. The van der Waals surface area contributed by atoms with E-state index < -0.39 is 100 Å². The highest BCUT2D eigenvalue weighted by atomic mass is 16.5. The molecule has 0 bridgehead atoms. The Hall–Kier alpha value is -4.23. The number of likely N-dealkylation sites (N-methyl/N-ethyl adjacent to an activating group) is 1. The Labute approximate surface area is 229 Å². The molecule has 0 saturated heterocycles. The minimum absolute atomic E-state index is 0. The summed E-state index contributed by atoms with van der Waals surface area (Å²) in [5.74, 6) is -12.2. The number of Topliss-reactive ketones (excluding diaryl/α,β-unsaturated/α-hetero) is 2. The van der Waals surface area contributed by atoms with Gasteiger partial charge in [-0.05, 0) is 31.6 Å². The molecule has 4 rings (SSSR count). The number of hydrogen-bond donors (Lipinski definition) is 6. The third kappa shape index (κ3) is 4.21. The van der Waals surface area contributed by atoms with Gasteiger partial charge in [-0.1, -0.05) is 26.5 Å². The maximum Gasteiger partial charge on any atom is 0.306 e. The monoisotopic (exact) mass is 560 g/mol. The number of aromatic hydroxyl groups is 1. The molecule has 13 nitrogen and oxygen atoms in total. The molecule has 13 heteroatoms. The molecule has 0 heterocycles. The number of hydrogen-bond acceptors (Lipinski definition) is 11. The predicted octanol–water partition coefficient (Wildman–Crippen LogP) is 0.548. The van der Waals surface area contributed by atoms with Crippen LogP contribution in [0.3, 0.4) is 0 Å². The smallest absolute Gasteiger partial charge is 0.306 e. The van der Waals surface area contributed by atoms with Crippen molar-refractivity contribution in [2.45, 2.75) is 50.9 Å². The van der Waals surface area contributed by atoms with E-state index in [-0.39, 0.29) is 18.7 Å². The van der Waals surface area contributed by atoms with Crippen molar-refractivity contribution in [3.63, 3.8) is 0 Å². The van der Waals surface area contributed by atoms with Gasteiger partial charge in [0.05, 0.1) is 30.4 Å². The molecule has 1 saturated carbocycles. The molecule has 1 amide bonds. The summed E-state index contributed by atoms with van der Waals surface area (Å²) in [6.45, 7) is 1.62. The number of aliphatic carboxylic acids is 1. The summed E-state index contributed by atoms with van der Waals surface area (Å²) in [6.07, 6.45) is -2.79. The molecule has 0 unspecified atom stereocenters. The second kappa shape index (κ2) is 10.4. The molecule has 0 spiro atoms. The van der Waals surface area contributed by atoms with E-state index in [9.17, 15) is 44.4 Å². The van der Waals surface area contributed by atoms with Gasteiger partial charge < -0.3 is 36.0 Å². The van der Waals surface area contributed by atoms with E-state index in [1.165, 1.54) is 31.1 Å². The van der Waals surface area contributed by atoms with Gasteiger partial charge in [0.1, 0.15) is 28.9 Å². The van der Waals surface area contributed by atoms with E-state index >= 15 is 0 Å². The standard InChI is InChI=1S/C26H28N2O11.CH4/c1-9-10-5-4-6-11(29)15(10)20(33)16-14(9)22(39-13(32)8-7-12(30)31)18-19(28(2)3)21(34)17(25(27)37)24(36)26(18,38)23(16)35;/h4-6,9,14,18-19,22,29,33,36,38H,7-8H2,1-3H3,(H2,27,37)(H,30,31);1H4/t9-,14+,18+,19-,22-,26-;/m0./s1. The van der Waals surface area contributed by atoms with Crippen LogP contribution >= 0.6 is 0 Å². The number of carboxylic acids is 1. The van der Waals surface area contributed by atoms with Crippen LogP contribution in [-0.2, 0) is 28.7 Å². The van der Waals surface area contributed by atoms with Crippen molar-refractivity contribution in [3.8, 4) is 5.75 Å². The number of nitrogens with zero attached hydrogens (tertiary/aromatic N) is 1. The number of aliphatic hydroxyl groups is 3. The van der Waals surface area contributed by atoms with E-state index in [4.69, 9.17) is 15.6 Å². The number of phenols is 1. The van der Waals surface area contributed by atoms with Crippen LogP contribution in [0.5, 0.6) is 5.75 Å². The van der Waals surface area contributed by atoms with Crippen molar-refractivity contribution < 1.29 is 54.2 Å². The maximum absolute atomic E-state index is 14.0. The van der Waals surface area contributed by atoms with Crippen molar-refractivity contribution in [2.75, 3.05) is 14.1 Å². The molecule has 0 radical (unpaired) electrons. The number of rotatable bonds is 6. The summed E-state index contributed by atoms with van der Waals surface area (Å²) in [4.78, 5) is 64.8. The van der Waals surface area contributed by atoms with E-state index in [1.54, 1.807) is 13.0 Å². The van der Waals surface area contributed by atoms with Crippen molar-refractivity contribution in [1.29, 1.82) is 0 Å². The average molecular weight is 561 g/mol. The number of fused-ring (bicyclic) bond motifs is 3. The molecule has 0 aromatic heterocycles. The number of aliphatic hydroxyl groups excluding tert-OH is 2. The van der Waals surface area contributed by atoms with E-state index in [0.717, 1.165) is 0 Å². The van der Waals surface area contributed by atoms with Crippen molar-refractivity contribution >= 4 is 35.2 Å². The number of primary amides is 1. The highest BCUT2D eigenvalue weighted by molar-refractivity contribution is 6.24. The molecular weight excluding hydrogens is 528 g/mol. The molecule has 3 aliphatic carbocycles. The zero-order chi connectivity index (χ0) is 29.1. The minimum atomic E-state index is -3.06. The first-order valence-electron chi connectivity index (χ1n) is 12.0. The van der Waals surface area contributed by atoms with Crippen LogP contribution in [-0.4, -0.2) is 91.7 Å². The number of benzene rings is 1. The number of amides is 1. The fourth-order valence-corrected chi connectivity index (χ4v) is 6.11. The molecule has 1 fully saturated rings. The largest absolute Gasteiger partial charge is 0.508 e. The minimum Gasteiger partial charge on any atom is -0.508 e. The van der Waals surface area contributed by atoms with Crippen molar-refractivity contribution in [2.24, 2.45) is 17.6 Å². The van der Waals surface area contributed by atoms with Gasteiger partial charge in [-0.3, -0.25) is 28.9 Å². The first-order valence-corrected chi connectivity index (χ1v) is 12.0. The van der Waals surface area contributed by atoms with Gasteiger partial charge in [-0.25, -0.2) is 0 Å². The third-order valence-corrected chi connectivity index (χ3v) is 7.78. The summed E-state index contributed by atoms with van der Waals surface area (Å²) in [6, 6.07) is 2.81. The molecule has 6 atom stereocenters. The van der Waals surface area contributed by atoms with Gasteiger partial charge in [0.2, 0.25) is 5.78 Å². The number of carboxylic acid groups (broad SMARTS) is 1. The van der Waals surface area contributed by atoms with Crippen molar-refractivity contribution in [3.05, 3.63) is 46.2 Å². The molecule has 3 aliphatic rings. The van der Waals surface area contributed by atoms with Crippen LogP contribution in [0, 0.1) is 11.8 Å². The lowest BCUT2D eigenvalue weighted by atomic mass is 9.54. The zero-order valence-corrected chi connectivity index (χ0v) is 21.2. The molecule has 7 N–H and O–H groups in total. The normalized spacial score (nSPS) is 29.3. The lowest BCUT2D eigenvalue weighted by Crippen LogP contribution is -2.71.